The van der Waals surface area contributed by atoms with Crippen molar-refractivity contribution in [2.45, 2.75) is 26.0 Å². The molecule has 0 aliphatic carbocycles. The van der Waals surface area contributed by atoms with Crippen LogP contribution < -0.4 is 15.1 Å². The Balaban J connectivity index is 1.19. The van der Waals surface area contributed by atoms with Crippen LogP contribution in [0.5, 0.6) is 0 Å². The second-order valence-electron chi connectivity index (χ2n) is 11.4. The van der Waals surface area contributed by atoms with Crippen molar-refractivity contribution in [2.24, 2.45) is 4.99 Å². The van der Waals surface area contributed by atoms with Gasteiger partial charge in [0.25, 0.3) is 5.91 Å². The Kier molecular flexibility index (Phi) is 9.87. The molecule has 10 heteroatoms. The van der Waals surface area contributed by atoms with E-state index in [1.807, 2.05) is 60.7 Å². The Morgan fingerprint density at radius 2 is 1.59 bits per heavy atom. The quantitative estimate of drug-likeness (QED) is 0.145. The van der Waals surface area contributed by atoms with Crippen LogP contribution in [0.1, 0.15) is 36.7 Å². The first-order chi connectivity index (χ1) is 23.7. The van der Waals surface area contributed by atoms with Crippen molar-refractivity contribution >= 4 is 68.8 Å². The van der Waals surface area contributed by atoms with Crippen LogP contribution in [0, 0.1) is 0 Å². The number of aromatic carboxylic acids is 1. The third-order valence-corrected chi connectivity index (χ3v) is 9.27. The van der Waals surface area contributed by atoms with E-state index in [4.69, 9.17) is 4.99 Å². The van der Waals surface area contributed by atoms with Crippen LogP contribution in [0.2, 0.25) is 0 Å². The minimum absolute atomic E-state index is 0.174. The molecule has 1 aromatic heterocycles. The lowest BCUT2D eigenvalue weighted by atomic mass is 10.0. The van der Waals surface area contributed by atoms with Crippen LogP contribution in [0.3, 0.4) is 0 Å². The summed E-state index contributed by atoms with van der Waals surface area (Å²) in [4.78, 5) is 52.1. The summed E-state index contributed by atoms with van der Waals surface area (Å²) in [6, 6.07) is 33.1. The lowest BCUT2D eigenvalue weighted by Crippen LogP contribution is -2.33. The maximum atomic E-state index is 13.7. The van der Waals surface area contributed by atoms with Crippen molar-refractivity contribution < 1.29 is 19.5 Å². The van der Waals surface area contributed by atoms with E-state index >= 15 is 0 Å². The molecule has 1 aliphatic heterocycles. The van der Waals surface area contributed by atoms with E-state index in [0.717, 1.165) is 24.3 Å². The number of para-hydroxylation sites is 2. The number of carbonyl (C=O) groups excluding carboxylic acids is 2. The number of nitrogens with zero attached hydrogens (tertiary/aromatic N) is 4. The second kappa shape index (κ2) is 14.6. The van der Waals surface area contributed by atoms with E-state index in [1.165, 1.54) is 11.8 Å². The number of nitrogens with one attached hydrogen (secondary N) is 1. The number of aromatic nitrogens is 1. The van der Waals surface area contributed by atoms with Crippen molar-refractivity contribution in [3.8, 4) is 11.3 Å². The van der Waals surface area contributed by atoms with E-state index in [0.29, 0.717) is 44.4 Å². The lowest BCUT2D eigenvalue weighted by Gasteiger charge is -2.21. The molecule has 2 N–H and O–H groups in total. The molecule has 2 heterocycles. The van der Waals surface area contributed by atoms with Crippen LogP contribution in [-0.2, 0) is 9.59 Å². The number of aliphatic imine (C=N–C) groups is 1. The molecular weight excluding hydrogens is 635 g/mol. The van der Waals surface area contributed by atoms with Crippen molar-refractivity contribution in [1.82, 2.24) is 4.98 Å². The number of thioether (sulfide) groups is 1. The van der Waals surface area contributed by atoms with Gasteiger partial charge in [0.2, 0.25) is 5.91 Å². The molecule has 49 heavy (non-hydrogen) atoms. The molecule has 1 atom stereocenters. The standard InChI is InChI=1S/C39H35N5O4S/c1-4-43(5-2)29-21-15-26(16-22-29)23-35-37(46)44(30-11-7-6-8-12-30)39(42-35)49-25(3)36(45)40-28-19-17-27(18-20-28)34-24-32(38(47)48)31-13-9-10-14-33(31)41-34/h6-25H,4-5H2,1-3H3,(H,40,45)(H,47,48)/b35-23-. The maximum absolute atomic E-state index is 13.7. The Labute approximate surface area is 289 Å². The Morgan fingerprint density at radius 1 is 0.918 bits per heavy atom. The summed E-state index contributed by atoms with van der Waals surface area (Å²) in [6.45, 7) is 7.81. The zero-order valence-electron chi connectivity index (χ0n) is 27.3. The fraction of sp³-hybridized carbons (Fsp3) is 0.154. The summed E-state index contributed by atoms with van der Waals surface area (Å²) in [5.41, 5.74) is 5.49. The highest BCUT2D eigenvalue weighted by Crippen LogP contribution is 2.32. The average molecular weight is 670 g/mol. The van der Waals surface area contributed by atoms with Gasteiger partial charge < -0.3 is 15.3 Å². The molecule has 0 fully saturated rings. The smallest absolute Gasteiger partial charge is 0.336 e. The predicted octanol–water partition coefficient (Wildman–Crippen LogP) is 7.95. The van der Waals surface area contributed by atoms with Gasteiger partial charge in [0, 0.05) is 35.4 Å². The van der Waals surface area contributed by atoms with Gasteiger partial charge in [0.05, 0.1) is 27.7 Å². The van der Waals surface area contributed by atoms with Crippen LogP contribution in [-0.4, -0.2) is 51.4 Å². The van der Waals surface area contributed by atoms with Crippen LogP contribution in [0.15, 0.2) is 120 Å². The van der Waals surface area contributed by atoms with Crippen LogP contribution >= 0.6 is 11.8 Å². The number of rotatable bonds is 10. The zero-order valence-corrected chi connectivity index (χ0v) is 28.1. The number of hydrogen-bond donors (Lipinski definition) is 2. The van der Waals surface area contributed by atoms with E-state index in [1.54, 1.807) is 66.4 Å². The van der Waals surface area contributed by atoms with Gasteiger partial charge in [-0.1, -0.05) is 72.4 Å². The minimum Gasteiger partial charge on any atom is -0.478 e. The highest BCUT2D eigenvalue weighted by Gasteiger charge is 2.34. The van der Waals surface area contributed by atoms with Crippen molar-refractivity contribution in [3.05, 3.63) is 126 Å². The first kappa shape index (κ1) is 33.2. The van der Waals surface area contributed by atoms with Crippen LogP contribution in [0.4, 0.5) is 17.1 Å². The second-order valence-corrected chi connectivity index (χ2v) is 12.7. The van der Waals surface area contributed by atoms with Gasteiger partial charge in [-0.2, -0.15) is 0 Å². The van der Waals surface area contributed by atoms with Gasteiger partial charge >= 0.3 is 5.97 Å². The Bertz CT molecular complexity index is 2080. The molecule has 0 radical (unpaired) electrons. The third-order valence-electron chi connectivity index (χ3n) is 8.22. The number of carboxylic acids is 1. The van der Waals surface area contributed by atoms with Gasteiger partial charge in [0.15, 0.2) is 5.17 Å². The number of anilines is 3. The molecule has 1 aliphatic rings. The molecule has 1 unspecified atom stereocenters. The fourth-order valence-corrected chi connectivity index (χ4v) is 6.52. The van der Waals surface area contributed by atoms with E-state index < -0.39 is 11.2 Å². The van der Waals surface area contributed by atoms with Crippen molar-refractivity contribution in [3.63, 3.8) is 0 Å². The summed E-state index contributed by atoms with van der Waals surface area (Å²) >= 11 is 1.20. The Morgan fingerprint density at radius 3 is 2.27 bits per heavy atom. The minimum atomic E-state index is -1.03. The number of fused-ring (bicyclic) bond motifs is 1. The number of hydrogen-bond acceptors (Lipinski definition) is 7. The number of amidine groups is 1. The molecule has 6 rings (SSSR count). The summed E-state index contributed by atoms with van der Waals surface area (Å²) in [6.07, 6.45) is 1.77. The molecular formula is C39H35N5O4S. The van der Waals surface area contributed by atoms with Gasteiger partial charge in [-0.05, 0) is 80.9 Å². The fourth-order valence-electron chi connectivity index (χ4n) is 5.59. The Hall–Kier alpha value is -5.74. The largest absolute Gasteiger partial charge is 0.478 e. The van der Waals surface area contributed by atoms with Crippen LogP contribution in [0.25, 0.3) is 28.2 Å². The summed E-state index contributed by atoms with van der Waals surface area (Å²) in [7, 11) is 0. The summed E-state index contributed by atoms with van der Waals surface area (Å²) in [5.74, 6) is -1.55. The number of carbonyl (C=O) groups is 3. The predicted molar refractivity (Wildman–Crippen MR) is 199 cm³/mol. The van der Waals surface area contributed by atoms with Gasteiger partial charge in [0.1, 0.15) is 5.70 Å². The molecule has 5 aromatic rings. The highest BCUT2D eigenvalue weighted by molar-refractivity contribution is 8.15. The molecule has 4 aromatic carbocycles. The summed E-state index contributed by atoms with van der Waals surface area (Å²) in [5, 5.41) is 13.1. The number of carboxylic acid groups (broad SMARTS) is 1. The number of benzene rings is 4. The topological polar surface area (TPSA) is 115 Å². The normalized spacial score (nSPS) is 14.2. The molecule has 246 valence electrons. The monoisotopic (exact) mass is 669 g/mol. The van der Waals surface area contributed by atoms with E-state index in [-0.39, 0.29) is 17.4 Å². The van der Waals surface area contributed by atoms with Crippen molar-refractivity contribution in [2.75, 3.05) is 28.2 Å². The zero-order chi connectivity index (χ0) is 34.5. The average Bonchev–Trinajstić information content (AvgIpc) is 3.42. The van der Waals surface area contributed by atoms with E-state index in [2.05, 4.69) is 29.0 Å². The molecule has 9 nitrogen and oxygen atoms in total. The maximum Gasteiger partial charge on any atom is 0.336 e. The number of pyridine rings is 1. The SMILES string of the molecule is CCN(CC)c1ccc(/C=C2\N=C(SC(C)C(=O)Nc3ccc(-c4cc(C(=O)O)c5ccccc5n4)cc3)N(c3ccccc3)C2=O)cc1. The summed E-state index contributed by atoms with van der Waals surface area (Å²) < 4.78 is 0. The lowest BCUT2D eigenvalue weighted by molar-refractivity contribution is -0.115. The first-order valence-electron chi connectivity index (χ1n) is 16.0. The molecule has 0 spiro atoms. The van der Waals surface area contributed by atoms with Gasteiger partial charge in [-0.3, -0.25) is 14.5 Å². The van der Waals surface area contributed by atoms with E-state index in [9.17, 15) is 19.5 Å². The third kappa shape index (κ3) is 7.24. The molecule has 0 saturated carbocycles. The highest BCUT2D eigenvalue weighted by atomic mass is 32.2. The molecule has 2 amide bonds. The number of amides is 2. The molecule has 0 bridgehead atoms. The molecule has 0 saturated heterocycles. The van der Waals surface area contributed by atoms with Gasteiger partial charge in [-0.15, -0.1) is 0 Å². The van der Waals surface area contributed by atoms with Gasteiger partial charge in [-0.25, -0.2) is 14.8 Å². The van der Waals surface area contributed by atoms with Crippen molar-refractivity contribution in [1.29, 1.82) is 0 Å². The first-order valence-corrected chi connectivity index (χ1v) is 16.9.